The Bertz CT molecular complexity index is 4220. The minimum atomic E-state index is -1.86. The fourth-order valence-corrected chi connectivity index (χ4v) is 15.3. The number of aryl methyl sites for hydroxylation is 1. The lowest BCUT2D eigenvalue weighted by Crippen LogP contribution is -2.59. The number of aromatic nitrogens is 1. The van der Waals surface area contributed by atoms with Gasteiger partial charge in [0.2, 0.25) is 40.9 Å². The van der Waals surface area contributed by atoms with Crippen LogP contribution in [0.3, 0.4) is 0 Å². The van der Waals surface area contributed by atoms with E-state index in [0.29, 0.717) is 49.8 Å². The van der Waals surface area contributed by atoms with Crippen molar-refractivity contribution in [2.45, 2.75) is 202 Å². The number of carbonyl (C=O) groups is 13. The number of cyclic esters (lactones) is 2. The molecule has 2 saturated carbocycles. The number of likely N-dealkylation sites (N-methyl/N-ethyl adjacent to an activating group) is 4. The zero-order valence-electron chi connectivity index (χ0n) is 64.6. The number of anilines is 1. The standard InChI is InChI=1S/C64H88N10O16.C13H16O4/c1-27(2)44-53(78)35-19-17-21-37(35)61(84)71(13)25-40(75)73(15)50(29(5)6)63(86)88-33(11)46(59(82)67-44)69-57(80)39-24-23-31(9)55-48(39)66-49-42(43(65)52(77)32(10)56(49)90-55)58(81)70-47-34(12)89-64(87)51(30(7)8)74(16)41(76)26-72(14)62(85)38-22-18-20-36(38)54(79)45(28(3)4)68-60(47)83;1-13(2)7-6-8-10(17-13)5-4-9(12(14)15)11(8)16-3/h23-24,27-30,33-38,44-47,50-51H,17-22,25-26,65H2,1-16H3,(H,67,82)(H,68,83)(H,69,80)(H,70,81);4-5H,6-7H2,1-3H3,(H,14,15). The van der Waals surface area contributed by atoms with Gasteiger partial charge in [-0.1, -0.05) is 74.3 Å². The van der Waals surface area contributed by atoms with E-state index in [1.165, 1.54) is 84.1 Å². The number of amides is 8. The van der Waals surface area contributed by atoms with Crippen LogP contribution in [-0.2, 0) is 63.8 Å². The summed E-state index contributed by atoms with van der Waals surface area (Å²) in [6, 6.07) is -2.47. The van der Waals surface area contributed by atoms with Crippen LogP contribution in [0.5, 0.6) is 11.5 Å². The Balaban J connectivity index is 0.000000741. The molecule has 0 spiro atoms. The predicted octanol–water partition coefficient (Wildman–Crippen LogP) is 5.21. The number of hydrogen-bond donors (Lipinski definition) is 6. The summed E-state index contributed by atoms with van der Waals surface area (Å²) in [5.74, 6) is -14.7. The fraction of sp³-hybridized carbons (Fsp3) is 0.597. The predicted molar refractivity (Wildman–Crippen MR) is 391 cm³/mol. The Labute approximate surface area is 622 Å². The normalized spacial score (nSPS) is 26.1. The number of nitrogens with two attached hydrogens (primary N) is 1. The van der Waals surface area contributed by atoms with Crippen molar-refractivity contribution in [2.24, 2.45) is 47.3 Å². The lowest BCUT2D eigenvalue weighted by atomic mass is 9.83. The van der Waals surface area contributed by atoms with Gasteiger partial charge in [-0.25, -0.2) is 19.4 Å². The van der Waals surface area contributed by atoms with E-state index in [1.54, 1.807) is 68.4 Å². The van der Waals surface area contributed by atoms with Gasteiger partial charge in [0.25, 0.3) is 11.8 Å². The molecule has 8 amide bonds. The lowest BCUT2D eigenvalue weighted by Gasteiger charge is -2.35. The van der Waals surface area contributed by atoms with Gasteiger partial charge in [0.05, 0.1) is 49.1 Å². The number of methoxy groups -OCH3 is 1. The molecule has 9 rings (SSSR count). The second kappa shape index (κ2) is 33.4. The van der Waals surface area contributed by atoms with Gasteiger partial charge in [0, 0.05) is 63.0 Å². The molecule has 2 aromatic carbocycles. The molecular weight excluding hydrogens is 1380 g/mol. The number of benzene rings is 3. The molecule has 4 fully saturated rings. The molecule has 2 saturated heterocycles. The molecule has 30 heteroatoms. The molecule has 7 aliphatic rings. The van der Waals surface area contributed by atoms with Crippen molar-refractivity contribution in [1.82, 2.24) is 45.9 Å². The van der Waals surface area contributed by atoms with E-state index in [2.05, 4.69) is 21.3 Å². The molecule has 12 unspecified atom stereocenters. The van der Waals surface area contributed by atoms with E-state index in [1.807, 2.05) is 13.8 Å². The number of Topliss-reactive ketones (excluding diaryl/α,β-unsaturated/α-hetero) is 2. The van der Waals surface area contributed by atoms with Crippen LogP contribution in [0.4, 0.5) is 5.69 Å². The summed E-state index contributed by atoms with van der Waals surface area (Å²) in [7, 11) is 7.15. The molecule has 582 valence electrons. The van der Waals surface area contributed by atoms with E-state index in [-0.39, 0.29) is 44.8 Å². The number of aromatic carboxylic acids is 1. The maximum absolute atomic E-state index is 15.2. The van der Waals surface area contributed by atoms with Crippen molar-refractivity contribution < 1.29 is 90.8 Å². The van der Waals surface area contributed by atoms with Gasteiger partial charge in [0.15, 0.2) is 22.9 Å². The molecule has 0 aromatic heterocycles. The van der Waals surface area contributed by atoms with E-state index < -0.39 is 202 Å². The Morgan fingerprint density at radius 3 is 1.53 bits per heavy atom. The van der Waals surface area contributed by atoms with Crippen LogP contribution < -0.4 is 41.9 Å². The van der Waals surface area contributed by atoms with E-state index >= 15 is 9.59 Å². The number of carboxylic acids is 1. The summed E-state index contributed by atoms with van der Waals surface area (Å²) < 4.78 is 29.4. The number of nitrogens with zero attached hydrogens (tertiary/aromatic N) is 5. The minimum Gasteiger partial charge on any atom is -0.495 e. The van der Waals surface area contributed by atoms with Gasteiger partial charge in [-0.05, 0) is 128 Å². The Kier molecular flexibility index (Phi) is 25.8. The van der Waals surface area contributed by atoms with Crippen molar-refractivity contribution in [1.29, 1.82) is 0 Å². The largest absolute Gasteiger partial charge is 0.495 e. The monoisotopic (exact) mass is 1490 g/mol. The number of ketones is 2. The highest BCUT2D eigenvalue weighted by Gasteiger charge is 2.48. The smallest absolute Gasteiger partial charge is 0.339 e. The topological polar surface area (TPSA) is 409 Å². The summed E-state index contributed by atoms with van der Waals surface area (Å²) in [5.41, 5.74) is 4.50. The molecule has 7 N–H and O–H groups in total. The van der Waals surface area contributed by atoms with Crippen molar-refractivity contribution >= 4 is 93.5 Å². The third-order valence-electron chi connectivity index (χ3n) is 21.4. The number of fused-ring (bicyclic) bond motifs is 5. The molecule has 30 nitrogen and oxygen atoms in total. The summed E-state index contributed by atoms with van der Waals surface area (Å²) in [6.45, 7) is 22.3. The first kappa shape index (κ1) is 82.6. The van der Waals surface area contributed by atoms with Gasteiger partial charge >= 0.3 is 17.9 Å². The van der Waals surface area contributed by atoms with Crippen LogP contribution in [0.25, 0.3) is 22.6 Å². The van der Waals surface area contributed by atoms with E-state index in [9.17, 15) is 57.5 Å². The van der Waals surface area contributed by atoms with Crippen LogP contribution in [0, 0.1) is 61.2 Å². The molecule has 0 bridgehead atoms. The van der Waals surface area contributed by atoms with Gasteiger partial charge in [0.1, 0.15) is 70.2 Å². The van der Waals surface area contributed by atoms with Crippen LogP contribution in [0.2, 0.25) is 0 Å². The van der Waals surface area contributed by atoms with Crippen molar-refractivity contribution in [2.75, 3.05) is 54.1 Å². The zero-order chi connectivity index (χ0) is 79.6. The Morgan fingerprint density at radius 1 is 0.645 bits per heavy atom. The number of carboxylic acid groups (broad SMARTS) is 1. The third kappa shape index (κ3) is 17.4. The second-order valence-electron chi connectivity index (χ2n) is 31.0. The average molecular weight is 1490 g/mol. The van der Waals surface area contributed by atoms with Gasteiger partial charge < -0.3 is 75.1 Å². The van der Waals surface area contributed by atoms with E-state index in [0.717, 1.165) is 34.0 Å². The van der Waals surface area contributed by atoms with Gasteiger partial charge in [-0.15, -0.1) is 0 Å². The lowest BCUT2D eigenvalue weighted by molar-refractivity contribution is -0.163. The molecule has 3 aliphatic carbocycles. The highest BCUT2D eigenvalue weighted by Crippen LogP contribution is 2.42. The Hall–Kier alpha value is -10.0. The van der Waals surface area contributed by atoms with Crippen molar-refractivity contribution in [3.8, 4) is 23.0 Å². The number of carbonyl (C=O) groups excluding carboxylic acids is 12. The van der Waals surface area contributed by atoms with Gasteiger partial charge in [-0.2, -0.15) is 0 Å². The summed E-state index contributed by atoms with van der Waals surface area (Å²) in [4.78, 5) is 208. The zero-order valence-corrected chi connectivity index (χ0v) is 64.6. The number of rotatable bonds is 10. The summed E-state index contributed by atoms with van der Waals surface area (Å²) in [6.07, 6.45) is 0.963. The highest BCUT2D eigenvalue weighted by atomic mass is 16.6. The number of hydrogen-bond acceptors (Lipinski definition) is 21. The quantitative estimate of drug-likeness (QED) is 0.0674. The number of nitrogens with one attached hydrogen (secondary N) is 4. The maximum Gasteiger partial charge on any atom is 0.339 e. The minimum absolute atomic E-state index is 0.0668. The first-order chi connectivity index (χ1) is 50.0. The van der Waals surface area contributed by atoms with Crippen LogP contribution in [0.15, 0.2) is 33.5 Å². The Morgan fingerprint density at radius 2 is 1.09 bits per heavy atom. The molecule has 12 atom stereocenters. The van der Waals surface area contributed by atoms with Gasteiger partial charge in [-0.3, -0.25) is 52.7 Å². The maximum atomic E-state index is 15.2. The van der Waals surface area contributed by atoms with Crippen molar-refractivity contribution in [3.05, 3.63) is 67.9 Å². The van der Waals surface area contributed by atoms with Crippen LogP contribution in [0.1, 0.15) is 176 Å². The SMILES string of the molecule is COc1c(C(=O)O)ccc2c1CCC(C)(C)O2.Cc1c2oc3c(C)ccc(C(=O)NC4C(=O)NC(C(C)C)C(=O)C5CCCC5C(=O)N(C)CC(=O)N(C)C(C(C)C)C(=O)OC4C)c3nc-2c(C(=O)NC2C(=O)NC(C(C)C)C(=O)C3CCCC3C(=O)N(C)CC(=O)N(C)C(C(C)C)C(=O)OC2C)c(N)c1=O. The average Bonchev–Trinajstić information content (AvgIpc) is 1.34. The third-order valence-corrected chi connectivity index (χ3v) is 21.4. The molecule has 107 heavy (non-hydrogen) atoms. The molecule has 4 aliphatic heterocycles. The van der Waals surface area contributed by atoms with Crippen LogP contribution >= 0.6 is 0 Å². The van der Waals surface area contributed by atoms with E-state index in [4.69, 9.17) is 39.2 Å². The first-order valence-electron chi connectivity index (χ1n) is 36.6. The number of esters is 2. The summed E-state index contributed by atoms with van der Waals surface area (Å²) >= 11 is 0. The number of nitrogen functional groups attached to an aromatic ring is 1. The first-order valence-corrected chi connectivity index (χ1v) is 36.6. The molecule has 4 heterocycles. The fourth-order valence-electron chi connectivity index (χ4n) is 15.3. The second-order valence-corrected chi connectivity index (χ2v) is 31.0. The van der Waals surface area contributed by atoms with Crippen LogP contribution in [-0.4, -0.2) is 209 Å². The molecule has 0 radical (unpaired) electrons. The molecule has 2 aromatic rings. The van der Waals surface area contributed by atoms with Crippen molar-refractivity contribution in [3.63, 3.8) is 0 Å². The highest BCUT2D eigenvalue weighted by molar-refractivity contribution is 6.11. The molecular formula is C77H104N10O20. The summed E-state index contributed by atoms with van der Waals surface area (Å²) in [5, 5.41) is 19.9. The number of ether oxygens (including phenoxy) is 4.